The second kappa shape index (κ2) is 6.32. The Morgan fingerprint density at radius 2 is 2.18 bits per heavy atom. The third kappa shape index (κ3) is 3.20. The molecule has 120 valence electrons. The van der Waals surface area contributed by atoms with Crippen LogP contribution in [0.15, 0.2) is 23.1 Å². The van der Waals surface area contributed by atoms with Gasteiger partial charge in [0.1, 0.15) is 22.9 Å². The molecule has 0 bridgehead atoms. The van der Waals surface area contributed by atoms with Gasteiger partial charge in [-0.05, 0) is 18.6 Å². The molecule has 0 fully saturated rings. The van der Waals surface area contributed by atoms with Crippen LogP contribution in [0.5, 0.6) is 5.75 Å². The Kier molecular flexibility index (Phi) is 4.67. The van der Waals surface area contributed by atoms with Crippen LogP contribution in [0, 0.1) is 0 Å². The van der Waals surface area contributed by atoms with Gasteiger partial charge in [0.25, 0.3) is 5.91 Å². The summed E-state index contributed by atoms with van der Waals surface area (Å²) in [5.74, 6) is -1.47. The van der Waals surface area contributed by atoms with Crippen molar-refractivity contribution >= 4 is 27.6 Å². The molecule has 0 spiro atoms. The highest BCUT2D eigenvalue weighted by Gasteiger charge is 2.31. The van der Waals surface area contributed by atoms with Gasteiger partial charge in [-0.25, -0.2) is 8.42 Å². The Hall–Kier alpha value is -2.13. The number of carboxylic acid groups (broad SMARTS) is 1. The number of amides is 1. The first kappa shape index (κ1) is 16.2. The molecule has 0 unspecified atom stereocenters. The minimum atomic E-state index is -4.07. The number of carboxylic acids is 1. The Morgan fingerprint density at radius 1 is 1.45 bits per heavy atom. The lowest BCUT2D eigenvalue weighted by Gasteiger charge is -2.24. The zero-order valence-electron chi connectivity index (χ0n) is 11.9. The minimum Gasteiger partial charge on any atom is -0.482 e. The van der Waals surface area contributed by atoms with E-state index in [9.17, 15) is 18.0 Å². The molecule has 1 aromatic rings. The molecule has 0 atom stereocenters. The summed E-state index contributed by atoms with van der Waals surface area (Å²) in [5.41, 5.74) is 0.0465. The van der Waals surface area contributed by atoms with E-state index in [1.165, 1.54) is 18.2 Å². The molecule has 1 heterocycles. The maximum absolute atomic E-state index is 12.7. The second-order valence-corrected chi connectivity index (χ2v) is 6.60. The van der Waals surface area contributed by atoms with Gasteiger partial charge in [-0.15, -0.1) is 0 Å². The fraction of sp³-hybridized carbons (Fsp3) is 0.385. The summed E-state index contributed by atoms with van der Waals surface area (Å²) in [6.07, 6.45) is 0.463. The number of carbonyl (C=O) groups excluding carboxylic acids is 1. The van der Waals surface area contributed by atoms with Gasteiger partial charge in [0, 0.05) is 6.54 Å². The van der Waals surface area contributed by atoms with Crippen LogP contribution >= 0.6 is 0 Å². The lowest BCUT2D eigenvalue weighted by Crippen LogP contribution is -2.37. The Bertz CT molecular complexity index is 700. The van der Waals surface area contributed by atoms with Gasteiger partial charge in [0.2, 0.25) is 10.0 Å². The highest BCUT2D eigenvalue weighted by molar-refractivity contribution is 7.89. The van der Waals surface area contributed by atoms with Crippen molar-refractivity contribution in [1.29, 1.82) is 0 Å². The summed E-state index contributed by atoms with van der Waals surface area (Å²) < 4.78 is 31.4. The van der Waals surface area contributed by atoms with Crippen molar-refractivity contribution in [2.45, 2.75) is 18.2 Å². The normalized spacial score (nSPS) is 14.2. The lowest BCUT2D eigenvalue weighted by molar-refractivity contribution is -0.137. The van der Waals surface area contributed by atoms with Crippen LogP contribution in [0.2, 0.25) is 0 Å². The van der Waals surface area contributed by atoms with Crippen LogP contribution in [0.1, 0.15) is 13.3 Å². The largest absolute Gasteiger partial charge is 0.482 e. The number of rotatable bonds is 6. The van der Waals surface area contributed by atoms with Crippen molar-refractivity contribution in [1.82, 2.24) is 4.31 Å². The van der Waals surface area contributed by atoms with Gasteiger partial charge in [-0.2, -0.15) is 4.31 Å². The molecule has 0 aromatic heterocycles. The predicted octanol–water partition coefficient (Wildman–Crippen LogP) is 0.503. The van der Waals surface area contributed by atoms with Gasteiger partial charge >= 0.3 is 5.97 Å². The van der Waals surface area contributed by atoms with E-state index in [-0.39, 0.29) is 29.5 Å². The quantitative estimate of drug-likeness (QED) is 0.786. The fourth-order valence-corrected chi connectivity index (χ4v) is 3.75. The zero-order valence-corrected chi connectivity index (χ0v) is 12.7. The number of sulfonamides is 1. The first-order valence-corrected chi connectivity index (χ1v) is 8.08. The number of carbonyl (C=O) groups is 2. The number of hydrogen-bond donors (Lipinski definition) is 2. The van der Waals surface area contributed by atoms with Gasteiger partial charge in [-0.1, -0.05) is 13.0 Å². The molecule has 1 aromatic carbocycles. The van der Waals surface area contributed by atoms with E-state index in [0.29, 0.717) is 6.42 Å². The average molecular weight is 328 g/mol. The molecule has 0 saturated carbocycles. The minimum absolute atomic E-state index is 0.0465. The second-order valence-electron chi connectivity index (χ2n) is 4.70. The number of hydrogen-bond acceptors (Lipinski definition) is 5. The van der Waals surface area contributed by atoms with Gasteiger partial charge in [0.05, 0.1) is 0 Å². The first-order valence-electron chi connectivity index (χ1n) is 6.64. The predicted molar refractivity (Wildman–Crippen MR) is 77.3 cm³/mol. The van der Waals surface area contributed by atoms with Crippen LogP contribution in [-0.4, -0.2) is 49.4 Å². The third-order valence-electron chi connectivity index (χ3n) is 3.01. The molecular formula is C13H16N2O6S. The standard InChI is InChI=1S/C13H16N2O6S/c1-2-6-15(7-12(17)18)22(19,20)10-5-3-4-9-13(10)14-11(16)8-21-9/h3-5H,2,6-8H2,1H3,(H,14,16)(H,17,18). The maximum Gasteiger partial charge on any atom is 0.318 e. The molecule has 9 heteroatoms. The van der Waals surface area contributed by atoms with E-state index in [4.69, 9.17) is 9.84 Å². The van der Waals surface area contributed by atoms with E-state index >= 15 is 0 Å². The van der Waals surface area contributed by atoms with Crippen molar-refractivity contribution in [3.8, 4) is 5.75 Å². The van der Waals surface area contributed by atoms with E-state index in [1.54, 1.807) is 6.92 Å². The van der Waals surface area contributed by atoms with E-state index in [1.807, 2.05) is 0 Å². The number of fused-ring (bicyclic) bond motifs is 1. The van der Waals surface area contributed by atoms with E-state index in [0.717, 1.165) is 4.31 Å². The molecule has 1 aliphatic rings. The lowest BCUT2D eigenvalue weighted by atomic mass is 10.2. The molecule has 2 N–H and O–H groups in total. The number of para-hydroxylation sites is 1. The van der Waals surface area contributed by atoms with Gasteiger partial charge in [-0.3, -0.25) is 9.59 Å². The smallest absolute Gasteiger partial charge is 0.318 e. The van der Waals surface area contributed by atoms with Crippen LogP contribution in [0.3, 0.4) is 0 Å². The molecule has 2 rings (SSSR count). The molecular weight excluding hydrogens is 312 g/mol. The summed E-state index contributed by atoms with van der Waals surface area (Å²) in [4.78, 5) is 22.2. The number of benzene rings is 1. The van der Waals surface area contributed by atoms with Crippen molar-refractivity contribution in [2.24, 2.45) is 0 Å². The van der Waals surface area contributed by atoms with Crippen LogP contribution < -0.4 is 10.1 Å². The number of aliphatic carboxylic acids is 1. The van der Waals surface area contributed by atoms with E-state index < -0.39 is 28.4 Å². The molecule has 0 saturated heterocycles. The highest BCUT2D eigenvalue weighted by Crippen LogP contribution is 2.35. The van der Waals surface area contributed by atoms with Gasteiger partial charge in [0.15, 0.2) is 6.61 Å². The average Bonchev–Trinajstić information content (AvgIpc) is 2.45. The summed E-state index contributed by atoms with van der Waals surface area (Å²) in [5, 5.41) is 11.4. The molecule has 1 aliphatic heterocycles. The van der Waals surface area contributed by atoms with Gasteiger partial charge < -0.3 is 15.2 Å². The zero-order chi connectivity index (χ0) is 16.3. The van der Waals surface area contributed by atoms with Crippen molar-refractivity contribution < 1.29 is 27.9 Å². The number of ether oxygens (including phenoxy) is 1. The summed E-state index contributed by atoms with van der Waals surface area (Å²) in [7, 11) is -4.07. The molecule has 0 aliphatic carbocycles. The highest BCUT2D eigenvalue weighted by atomic mass is 32.2. The number of nitrogens with zero attached hydrogens (tertiary/aromatic N) is 1. The number of nitrogens with one attached hydrogen (secondary N) is 1. The Balaban J connectivity index is 2.48. The van der Waals surface area contributed by atoms with Crippen molar-refractivity contribution in [3.63, 3.8) is 0 Å². The SMILES string of the molecule is CCCN(CC(=O)O)S(=O)(=O)c1cccc2c1NC(=O)CO2. The monoisotopic (exact) mass is 328 g/mol. The van der Waals surface area contributed by atoms with Crippen LogP contribution in [0.4, 0.5) is 5.69 Å². The van der Waals surface area contributed by atoms with Crippen LogP contribution in [-0.2, 0) is 19.6 Å². The molecule has 0 radical (unpaired) electrons. The summed E-state index contributed by atoms with van der Waals surface area (Å²) in [6, 6.07) is 4.33. The first-order chi connectivity index (χ1) is 10.4. The van der Waals surface area contributed by atoms with Crippen LogP contribution in [0.25, 0.3) is 0 Å². The maximum atomic E-state index is 12.7. The molecule has 22 heavy (non-hydrogen) atoms. The van der Waals surface area contributed by atoms with E-state index in [2.05, 4.69) is 5.32 Å². The number of anilines is 1. The summed E-state index contributed by atoms with van der Waals surface area (Å²) in [6.45, 7) is 0.974. The Morgan fingerprint density at radius 3 is 2.82 bits per heavy atom. The topological polar surface area (TPSA) is 113 Å². The van der Waals surface area contributed by atoms with Crippen molar-refractivity contribution in [2.75, 3.05) is 25.0 Å². The molecule has 1 amide bonds. The Labute approximate surface area is 127 Å². The third-order valence-corrected chi connectivity index (χ3v) is 4.90. The van der Waals surface area contributed by atoms with Crippen molar-refractivity contribution in [3.05, 3.63) is 18.2 Å². The fourth-order valence-electron chi connectivity index (χ4n) is 2.11. The molecule has 8 nitrogen and oxygen atoms in total. The summed E-state index contributed by atoms with van der Waals surface area (Å²) >= 11 is 0.